The number of halogens is 2. The van der Waals surface area contributed by atoms with Crippen LogP contribution >= 0.6 is 11.6 Å². The lowest BCUT2D eigenvalue weighted by Crippen LogP contribution is -2.22. The number of esters is 1. The Labute approximate surface area is 143 Å². The minimum Gasteiger partial charge on any atom is -0.465 e. The smallest absolute Gasteiger partial charge is 0.337 e. The number of rotatable bonds is 5. The standard InChI is InChI=1S/C17H16ClFN2O3/c1-10-6-7-11(17(23)24-2)8-14(10)21-15(22)9-20-13-5-3-4-12(18)16(13)19/h3-8,20H,9H2,1-2H3,(H,21,22). The third kappa shape index (κ3) is 4.23. The van der Waals surface area contributed by atoms with Gasteiger partial charge in [0.05, 0.1) is 29.9 Å². The van der Waals surface area contributed by atoms with Crippen molar-refractivity contribution in [1.82, 2.24) is 0 Å². The van der Waals surface area contributed by atoms with Crippen molar-refractivity contribution in [1.29, 1.82) is 0 Å². The highest BCUT2D eigenvalue weighted by Gasteiger charge is 2.11. The molecule has 126 valence electrons. The molecule has 0 radical (unpaired) electrons. The van der Waals surface area contributed by atoms with Crippen LogP contribution in [0, 0.1) is 12.7 Å². The van der Waals surface area contributed by atoms with E-state index in [1.807, 2.05) is 0 Å². The molecular weight excluding hydrogens is 335 g/mol. The van der Waals surface area contributed by atoms with Gasteiger partial charge < -0.3 is 15.4 Å². The van der Waals surface area contributed by atoms with Gasteiger partial charge in [-0.2, -0.15) is 0 Å². The van der Waals surface area contributed by atoms with Crippen molar-refractivity contribution in [3.63, 3.8) is 0 Å². The minimum atomic E-state index is -0.615. The Morgan fingerprint density at radius 3 is 2.67 bits per heavy atom. The van der Waals surface area contributed by atoms with Gasteiger partial charge in [-0.05, 0) is 36.8 Å². The number of hydrogen-bond acceptors (Lipinski definition) is 4. The van der Waals surface area contributed by atoms with Gasteiger partial charge in [0, 0.05) is 5.69 Å². The first-order valence-electron chi connectivity index (χ1n) is 7.09. The van der Waals surface area contributed by atoms with Gasteiger partial charge >= 0.3 is 5.97 Å². The highest BCUT2D eigenvalue weighted by Crippen LogP contribution is 2.22. The molecule has 7 heteroatoms. The third-order valence-electron chi connectivity index (χ3n) is 3.32. The largest absolute Gasteiger partial charge is 0.465 e. The van der Waals surface area contributed by atoms with E-state index in [4.69, 9.17) is 11.6 Å². The van der Waals surface area contributed by atoms with Gasteiger partial charge in [-0.25, -0.2) is 9.18 Å². The molecule has 0 unspecified atom stereocenters. The van der Waals surface area contributed by atoms with Crippen molar-refractivity contribution in [2.75, 3.05) is 24.3 Å². The van der Waals surface area contributed by atoms with Gasteiger partial charge in [-0.15, -0.1) is 0 Å². The number of carbonyl (C=O) groups is 2. The number of benzene rings is 2. The number of anilines is 2. The summed E-state index contributed by atoms with van der Waals surface area (Å²) in [6.07, 6.45) is 0. The summed E-state index contributed by atoms with van der Waals surface area (Å²) in [5.74, 6) is -1.50. The number of methoxy groups -OCH3 is 1. The fraction of sp³-hybridized carbons (Fsp3) is 0.176. The molecule has 0 aliphatic carbocycles. The quantitative estimate of drug-likeness (QED) is 0.808. The maximum absolute atomic E-state index is 13.7. The molecule has 2 N–H and O–H groups in total. The Morgan fingerprint density at radius 2 is 1.96 bits per heavy atom. The van der Waals surface area contributed by atoms with E-state index < -0.39 is 11.8 Å². The van der Waals surface area contributed by atoms with Crippen LogP contribution in [0.1, 0.15) is 15.9 Å². The molecule has 1 amide bonds. The molecule has 0 fully saturated rings. The molecule has 0 spiro atoms. The number of carbonyl (C=O) groups excluding carboxylic acids is 2. The van der Waals surface area contributed by atoms with Crippen LogP contribution < -0.4 is 10.6 Å². The van der Waals surface area contributed by atoms with Crippen LogP contribution in [0.15, 0.2) is 36.4 Å². The number of aryl methyl sites for hydroxylation is 1. The first-order valence-corrected chi connectivity index (χ1v) is 7.47. The molecule has 0 atom stereocenters. The third-order valence-corrected chi connectivity index (χ3v) is 3.62. The summed E-state index contributed by atoms with van der Waals surface area (Å²) in [7, 11) is 1.28. The highest BCUT2D eigenvalue weighted by molar-refractivity contribution is 6.31. The normalized spacial score (nSPS) is 10.2. The zero-order chi connectivity index (χ0) is 17.7. The van der Waals surface area contributed by atoms with Crippen molar-refractivity contribution in [3.8, 4) is 0 Å². The van der Waals surface area contributed by atoms with Crippen LogP contribution in [-0.2, 0) is 9.53 Å². The molecule has 0 saturated heterocycles. The fourth-order valence-corrected chi connectivity index (χ4v) is 2.19. The van der Waals surface area contributed by atoms with Gasteiger partial charge in [-0.3, -0.25) is 4.79 Å². The molecule has 0 aliphatic heterocycles. The first kappa shape index (κ1) is 17.7. The number of hydrogen-bond donors (Lipinski definition) is 2. The second-order valence-electron chi connectivity index (χ2n) is 5.02. The minimum absolute atomic E-state index is 0.0259. The highest BCUT2D eigenvalue weighted by atomic mass is 35.5. The molecule has 0 saturated carbocycles. The van der Waals surface area contributed by atoms with Crippen LogP contribution in [0.2, 0.25) is 5.02 Å². The van der Waals surface area contributed by atoms with Crippen LogP contribution in [0.4, 0.5) is 15.8 Å². The van der Waals surface area contributed by atoms with E-state index in [1.165, 1.54) is 25.3 Å². The van der Waals surface area contributed by atoms with Crippen LogP contribution in [0.5, 0.6) is 0 Å². The first-order chi connectivity index (χ1) is 11.4. The Bertz CT molecular complexity index is 780. The van der Waals surface area contributed by atoms with Crippen LogP contribution in [0.3, 0.4) is 0 Å². The van der Waals surface area contributed by atoms with E-state index in [0.717, 1.165) is 5.56 Å². The molecule has 0 heterocycles. The lowest BCUT2D eigenvalue weighted by atomic mass is 10.1. The average Bonchev–Trinajstić information content (AvgIpc) is 2.57. The summed E-state index contributed by atoms with van der Waals surface area (Å²) < 4.78 is 18.4. The predicted octanol–water partition coefficient (Wildman–Crippen LogP) is 3.62. The molecule has 0 aliphatic rings. The molecule has 0 bridgehead atoms. The zero-order valence-electron chi connectivity index (χ0n) is 13.2. The van der Waals surface area contributed by atoms with E-state index in [2.05, 4.69) is 15.4 Å². The van der Waals surface area contributed by atoms with Gasteiger partial charge in [0.25, 0.3) is 0 Å². The lowest BCUT2D eigenvalue weighted by Gasteiger charge is -2.12. The van der Waals surface area contributed by atoms with Crippen molar-refractivity contribution in [2.24, 2.45) is 0 Å². The summed E-state index contributed by atoms with van der Waals surface area (Å²) in [4.78, 5) is 23.6. The fourth-order valence-electron chi connectivity index (χ4n) is 2.01. The molecule has 0 aromatic heterocycles. The van der Waals surface area contributed by atoms with E-state index >= 15 is 0 Å². The van der Waals surface area contributed by atoms with Gasteiger partial charge in [-0.1, -0.05) is 23.7 Å². The van der Waals surface area contributed by atoms with Gasteiger partial charge in [0.1, 0.15) is 0 Å². The van der Waals surface area contributed by atoms with E-state index in [1.54, 1.807) is 25.1 Å². The number of nitrogens with one attached hydrogen (secondary N) is 2. The molecule has 5 nitrogen and oxygen atoms in total. The molecule has 2 aromatic carbocycles. The van der Waals surface area contributed by atoms with Gasteiger partial charge in [0.15, 0.2) is 5.82 Å². The molecule has 24 heavy (non-hydrogen) atoms. The number of amides is 1. The maximum Gasteiger partial charge on any atom is 0.337 e. The SMILES string of the molecule is COC(=O)c1ccc(C)c(NC(=O)CNc2cccc(Cl)c2F)c1. The second kappa shape index (κ2) is 7.79. The second-order valence-corrected chi connectivity index (χ2v) is 5.43. The van der Waals surface area contributed by atoms with E-state index in [0.29, 0.717) is 11.3 Å². The van der Waals surface area contributed by atoms with E-state index in [9.17, 15) is 14.0 Å². The van der Waals surface area contributed by atoms with Crippen molar-refractivity contribution >= 4 is 34.9 Å². The zero-order valence-corrected chi connectivity index (χ0v) is 13.9. The summed E-state index contributed by atoms with van der Waals surface area (Å²) in [6, 6.07) is 9.32. The lowest BCUT2D eigenvalue weighted by molar-refractivity contribution is -0.114. The summed E-state index contributed by atoms with van der Waals surface area (Å²) in [5.41, 5.74) is 1.73. The Hall–Kier alpha value is -2.60. The Morgan fingerprint density at radius 1 is 1.21 bits per heavy atom. The van der Waals surface area contributed by atoms with Crippen molar-refractivity contribution in [2.45, 2.75) is 6.92 Å². The molecule has 2 aromatic rings. The summed E-state index contributed by atoms with van der Waals surface area (Å²) >= 11 is 5.68. The van der Waals surface area contributed by atoms with Gasteiger partial charge in [0.2, 0.25) is 5.91 Å². The Balaban J connectivity index is 2.04. The van der Waals surface area contributed by atoms with Crippen LogP contribution in [0.25, 0.3) is 0 Å². The summed E-state index contributed by atoms with van der Waals surface area (Å²) in [6.45, 7) is 1.64. The molecular formula is C17H16ClFN2O3. The monoisotopic (exact) mass is 350 g/mol. The summed E-state index contributed by atoms with van der Waals surface area (Å²) in [5, 5.41) is 5.32. The predicted molar refractivity (Wildman–Crippen MR) is 91.0 cm³/mol. The average molecular weight is 351 g/mol. The Kier molecular flexibility index (Phi) is 5.76. The van der Waals surface area contributed by atoms with Crippen LogP contribution in [-0.4, -0.2) is 25.5 Å². The topological polar surface area (TPSA) is 67.4 Å². The maximum atomic E-state index is 13.7. The van der Waals surface area contributed by atoms with Crippen molar-refractivity contribution in [3.05, 3.63) is 58.4 Å². The van der Waals surface area contributed by atoms with Crippen molar-refractivity contribution < 1.29 is 18.7 Å². The molecule has 2 rings (SSSR count). The number of ether oxygens (including phenoxy) is 1. The van der Waals surface area contributed by atoms with E-state index in [-0.39, 0.29) is 23.2 Å².